The fraction of sp³-hybridized carbons (Fsp3) is 0.913. The minimum atomic E-state index is -0.598. The van der Waals surface area contributed by atoms with Crippen molar-refractivity contribution >= 4 is 11.8 Å². The summed E-state index contributed by atoms with van der Waals surface area (Å²) in [6.07, 6.45) is 5.28. The second-order valence-corrected chi connectivity index (χ2v) is 10.4. The van der Waals surface area contributed by atoms with Gasteiger partial charge in [0.15, 0.2) is 0 Å². The molecule has 3 aliphatic rings. The molecule has 4 heteroatoms. The smallest absolute Gasteiger partial charge is 0.332 e. The molecule has 8 atom stereocenters. The normalized spacial score (nSPS) is 49.9. The largest absolute Gasteiger partial charge is 0.460 e. The predicted octanol–water partition coefficient (Wildman–Crippen LogP) is 4.38. The van der Waals surface area contributed by atoms with E-state index in [4.69, 9.17) is 4.74 Å². The van der Waals surface area contributed by atoms with E-state index in [-0.39, 0.29) is 28.3 Å². The molecule has 0 aromatic heterocycles. The van der Waals surface area contributed by atoms with Crippen molar-refractivity contribution < 1.29 is 19.4 Å². The zero-order chi connectivity index (χ0) is 20.2. The van der Waals surface area contributed by atoms with Crippen LogP contribution in [0.25, 0.3) is 0 Å². The Morgan fingerprint density at radius 2 is 1.85 bits per heavy atom. The number of Topliss-reactive ketones (excluding diaryl/α,β-unsaturated/α-hetero) is 1. The third-order valence-electron chi connectivity index (χ3n) is 9.77. The van der Waals surface area contributed by atoms with E-state index in [0.717, 1.165) is 32.1 Å². The molecule has 0 spiro atoms. The maximum Gasteiger partial charge on any atom is 0.332 e. The lowest BCUT2D eigenvalue weighted by Gasteiger charge is -2.62. The highest BCUT2D eigenvalue weighted by Crippen LogP contribution is 2.69. The van der Waals surface area contributed by atoms with Crippen LogP contribution in [0.15, 0.2) is 0 Å². The number of hydrogen-bond acceptors (Lipinski definition) is 4. The molecule has 2 bridgehead atoms. The van der Waals surface area contributed by atoms with Gasteiger partial charge in [-0.1, -0.05) is 48.0 Å². The van der Waals surface area contributed by atoms with Crippen LogP contribution in [0, 0.1) is 39.9 Å². The van der Waals surface area contributed by atoms with Crippen LogP contribution in [0.1, 0.15) is 80.1 Å². The first-order valence-electron chi connectivity index (χ1n) is 10.9. The van der Waals surface area contributed by atoms with Crippen LogP contribution in [-0.2, 0) is 14.3 Å². The molecule has 0 aromatic rings. The highest BCUT2D eigenvalue weighted by atomic mass is 16.6. The minimum Gasteiger partial charge on any atom is -0.460 e. The van der Waals surface area contributed by atoms with Gasteiger partial charge in [0.2, 0.25) is 0 Å². The standard InChI is InChI=1S/C23H38O4/c1-7-21(5)12-18(27-19(26)13-24)22(6)14(2)8-10-23(16(4)15(21)3)11-9-17(25)20(22)23/h14-16,18,20,24H,7-13H2,1-6H3/t14?,15?,16-,18+,20?,21+,22-,23?/m0/s1. The summed E-state index contributed by atoms with van der Waals surface area (Å²) in [6, 6.07) is 0. The summed E-state index contributed by atoms with van der Waals surface area (Å²) in [6.45, 7) is 13.1. The van der Waals surface area contributed by atoms with E-state index in [1.165, 1.54) is 0 Å². The number of carbonyl (C=O) groups is 2. The molecule has 4 unspecified atom stereocenters. The number of esters is 1. The third-order valence-corrected chi connectivity index (χ3v) is 9.77. The molecule has 0 aromatic carbocycles. The van der Waals surface area contributed by atoms with E-state index < -0.39 is 12.6 Å². The van der Waals surface area contributed by atoms with E-state index in [0.29, 0.717) is 30.0 Å². The van der Waals surface area contributed by atoms with Crippen molar-refractivity contribution in [1.82, 2.24) is 0 Å². The van der Waals surface area contributed by atoms with Gasteiger partial charge < -0.3 is 9.84 Å². The maximum atomic E-state index is 13.2. The molecule has 3 rings (SSSR count). The molecule has 3 saturated carbocycles. The van der Waals surface area contributed by atoms with Crippen molar-refractivity contribution in [2.24, 2.45) is 39.9 Å². The molecular formula is C23H38O4. The highest BCUT2D eigenvalue weighted by molar-refractivity contribution is 5.85. The summed E-state index contributed by atoms with van der Waals surface area (Å²) in [5.74, 6) is 1.01. The number of carbonyl (C=O) groups excluding carboxylic acids is 2. The number of ketones is 1. The number of ether oxygens (including phenoxy) is 1. The average Bonchev–Trinajstić information content (AvgIpc) is 3.00. The Hall–Kier alpha value is -0.900. The number of aliphatic hydroxyl groups excluding tert-OH is 1. The first kappa shape index (κ1) is 20.8. The molecular weight excluding hydrogens is 340 g/mol. The Kier molecular flexibility index (Phi) is 5.29. The Morgan fingerprint density at radius 1 is 1.19 bits per heavy atom. The topological polar surface area (TPSA) is 63.6 Å². The van der Waals surface area contributed by atoms with Crippen LogP contribution < -0.4 is 0 Å². The first-order chi connectivity index (χ1) is 12.6. The molecule has 3 fully saturated rings. The van der Waals surface area contributed by atoms with Crippen molar-refractivity contribution in [3.05, 3.63) is 0 Å². The molecule has 0 radical (unpaired) electrons. The molecule has 0 saturated heterocycles. The first-order valence-corrected chi connectivity index (χ1v) is 10.9. The van der Waals surface area contributed by atoms with Gasteiger partial charge in [-0.05, 0) is 54.3 Å². The third kappa shape index (κ3) is 2.81. The Labute approximate surface area is 164 Å². The molecule has 154 valence electrons. The second kappa shape index (κ2) is 6.86. The summed E-state index contributed by atoms with van der Waals surface area (Å²) < 4.78 is 5.93. The number of hydrogen-bond donors (Lipinski definition) is 1. The van der Waals surface area contributed by atoms with Crippen molar-refractivity contribution in [3.63, 3.8) is 0 Å². The van der Waals surface area contributed by atoms with Gasteiger partial charge in [-0.15, -0.1) is 0 Å². The predicted molar refractivity (Wildman–Crippen MR) is 105 cm³/mol. The average molecular weight is 379 g/mol. The van der Waals surface area contributed by atoms with Crippen molar-refractivity contribution in [1.29, 1.82) is 0 Å². The quantitative estimate of drug-likeness (QED) is 0.740. The fourth-order valence-electron chi connectivity index (χ4n) is 7.26. The summed E-state index contributed by atoms with van der Waals surface area (Å²) in [7, 11) is 0. The molecule has 1 N–H and O–H groups in total. The Bertz CT molecular complexity index is 615. The lowest BCUT2D eigenvalue weighted by atomic mass is 9.42. The van der Waals surface area contributed by atoms with Gasteiger partial charge in [-0.3, -0.25) is 4.79 Å². The van der Waals surface area contributed by atoms with E-state index in [1.54, 1.807) is 0 Å². The summed E-state index contributed by atoms with van der Waals surface area (Å²) >= 11 is 0. The summed E-state index contributed by atoms with van der Waals surface area (Å²) in [5.41, 5.74) is -0.290. The van der Waals surface area contributed by atoms with Crippen LogP contribution in [-0.4, -0.2) is 29.6 Å². The number of rotatable bonds is 3. The van der Waals surface area contributed by atoms with Gasteiger partial charge in [0, 0.05) is 17.8 Å². The SMILES string of the molecule is CC[C@]1(C)C[C@@H](OC(=O)CO)[C@]2(C)C(C)CCC3(CCC(=O)C32)[C@@H](C)C1C. The van der Waals surface area contributed by atoms with E-state index in [1.807, 2.05) is 0 Å². The van der Waals surface area contributed by atoms with Crippen LogP contribution in [0.2, 0.25) is 0 Å². The van der Waals surface area contributed by atoms with E-state index >= 15 is 0 Å². The van der Waals surface area contributed by atoms with Gasteiger partial charge in [-0.2, -0.15) is 0 Å². The van der Waals surface area contributed by atoms with Crippen LogP contribution in [0.4, 0.5) is 0 Å². The monoisotopic (exact) mass is 378 g/mol. The molecule has 27 heavy (non-hydrogen) atoms. The molecule has 3 aliphatic carbocycles. The van der Waals surface area contributed by atoms with Gasteiger partial charge in [0.25, 0.3) is 0 Å². The van der Waals surface area contributed by atoms with Crippen LogP contribution in [0.5, 0.6) is 0 Å². The van der Waals surface area contributed by atoms with Crippen LogP contribution in [0.3, 0.4) is 0 Å². The maximum absolute atomic E-state index is 13.2. The van der Waals surface area contributed by atoms with E-state index in [2.05, 4.69) is 41.5 Å². The van der Waals surface area contributed by atoms with Gasteiger partial charge in [0.05, 0.1) is 0 Å². The van der Waals surface area contributed by atoms with Gasteiger partial charge in [0.1, 0.15) is 18.5 Å². The lowest BCUT2D eigenvalue weighted by Crippen LogP contribution is -2.61. The lowest BCUT2D eigenvalue weighted by molar-refractivity contribution is -0.203. The van der Waals surface area contributed by atoms with Crippen LogP contribution >= 0.6 is 0 Å². The second-order valence-electron chi connectivity index (χ2n) is 10.4. The Morgan fingerprint density at radius 3 is 2.44 bits per heavy atom. The Balaban J connectivity index is 2.19. The van der Waals surface area contributed by atoms with E-state index in [9.17, 15) is 14.7 Å². The van der Waals surface area contributed by atoms with Gasteiger partial charge >= 0.3 is 5.97 Å². The van der Waals surface area contributed by atoms with Crippen molar-refractivity contribution in [2.45, 2.75) is 86.2 Å². The zero-order valence-corrected chi connectivity index (χ0v) is 18.0. The molecule has 0 aliphatic heterocycles. The summed E-state index contributed by atoms with van der Waals surface area (Å²) in [4.78, 5) is 25.4. The number of aliphatic hydroxyl groups is 1. The van der Waals surface area contributed by atoms with Crippen molar-refractivity contribution in [3.8, 4) is 0 Å². The molecule has 0 amide bonds. The van der Waals surface area contributed by atoms with Crippen molar-refractivity contribution in [2.75, 3.05) is 6.61 Å². The minimum absolute atomic E-state index is 0.0263. The zero-order valence-electron chi connectivity index (χ0n) is 18.0. The van der Waals surface area contributed by atoms with Gasteiger partial charge in [-0.25, -0.2) is 4.79 Å². The highest BCUT2D eigenvalue weighted by Gasteiger charge is 2.67. The fourth-order valence-corrected chi connectivity index (χ4v) is 7.26. The summed E-state index contributed by atoms with van der Waals surface area (Å²) in [5, 5.41) is 9.34. The molecule has 4 nitrogen and oxygen atoms in total. The molecule has 0 heterocycles.